The van der Waals surface area contributed by atoms with E-state index in [9.17, 15) is 13.2 Å². The summed E-state index contributed by atoms with van der Waals surface area (Å²) >= 11 is 0. The Morgan fingerprint density at radius 2 is 1.86 bits per heavy atom. The highest BCUT2D eigenvalue weighted by molar-refractivity contribution is 7.89. The summed E-state index contributed by atoms with van der Waals surface area (Å²) in [7, 11) is -3.55. The number of nitrogens with one attached hydrogen (secondary N) is 1. The highest BCUT2D eigenvalue weighted by Gasteiger charge is 2.09. The van der Waals surface area contributed by atoms with Crippen molar-refractivity contribution in [3.05, 3.63) is 29.8 Å². The first kappa shape index (κ1) is 17.5. The molecule has 0 aliphatic rings. The second kappa shape index (κ2) is 7.99. The lowest BCUT2D eigenvalue weighted by molar-refractivity contribution is 0.0956. The van der Waals surface area contributed by atoms with Crippen LogP contribution in [-0.4, -0.2) is 39.7 Å². The summed E-state index contributed by atoms with van der Waals surface area (Å²) < 4.78 is 21.6. The van der Waals surface area contributed by atoms with E-state index in [2.05, 4.69) is 24.1 Å². The molecule has 7 heteroatoms. The topological polar surface area (TPSA) is 92.5 Å². The molecule has 0 unspecified atom stereocenters. The van der Waals surface area contributed by atoms with Crippen LogP contribution in [0.3, 0.4) is 0 Å². The highest BCUT2D eigenvalue weighted by Crippen LogP contribution is 2.15. The number of nitrogens with two attached hydrogens (primary N) is 1. The zero-order chi connectivity index (χ0) is 15.9. The molecular formula is C14H23N3O3S. The number of benzene rings is 1. The molecule has 0 bridgehead atoms. The van der Waals surface area contributed by atoms with E-state index in [1.165, 1.54) is 0 Å². The Hall–Kier alpha value is -1.60. The van der Waals surface area contributed by atoms with E-state index in [0.29, 0.717) is 5.56 Å². The molecule has 1 aromatic rings. The van der Waals surface area contributed by atoms with E-state index in [1.807, 2.05) is 12.1 Å². The molecule has 0 aliphatic heterocycles. The maximum Gasteiger partial charge on any atom is 0.251 e. The fourth-order valence-corrected chi connectivity index (χ4v) is 2.36. The average molecular weight is 313 g/mol. The molecule has 0 atom stereocenters. The minimum absolute atomic E-state index is 0.0103. The van der Waals surface area contributed by atoms with Crippen LogP contribution in [0.1, 0.15) is 30.6 Å². The zero-order valence-electron chi connectivity index (χ0n) is 12.5. The summed E-state index contributed by atoms with van der Waals surface area (Å²) in [6.07, 6.45) is 1.06. The van der Waals surface area contributed by atoms with Gasteiger partial charge in [0.1, 0.15) is 0 Å². The molecule has 0 aliphatic carbocycles. The largest absolute Gasteiger partial charge is 0.372 e. The van der Waals surface area contributed by atoms with Crippen molar-refractivity contribution in [1.82, 2.24) is 5.32 Å². The molecule has 1 rings (SSSR count). The number of hydrogen-bond acceptors (Lipinski definition) is 4. The van der Waals surface area contributed by atoms with Gasteiger partial charge >= 0.3 is 0 Å². The van der Waals surface area contributed by atoms with Gasteiger partial charge in [-0.15, -0.1) is 0 Å². The molecule has 1 aromatic carbocycles. The van der Waals surface area contributed by atoms with Crippen molar-refractivity contribution in [1.29, 1.82) is 0 Å². The van der Waals surface area contributed by atoms with E-state index >= 15 is 0 Å². The molecule has 6 nitrogen and oxygen atoms in total. The van der Waals surface area contributed by atoms with Gasteiger partial charge < -0.3 is 10.2 Å². The fraction of sp³-hybridized carbons (Fsp3) is 0.500. The number of primary sulfonamides is 1. The van der Waals surface area contributed by atoms with Gasteiger partial charge in [0.15, 0.2) is 0 Å². The molecule has 0 spiro atoms. The average Bonchev–Trinajstić information content (AvgIpc) is 2.43. The third kappa shape index (κ3) is 6.14. The van der Waals surface area contributed by atoms with Crippen LogP contribution in [0.25, 0.3) is 0 Å². The maximum atomic E-state index is 11.8. The molecule has 0 heterocycles. The van der Waals surface area contributed by atoms with Crippen LogP contribution in [0.2, 0.25) is 0 Å². The van der Waals surface area contributed by atoms with Gasteiger partial charge in [0, 0.05) is 30.9 Å². The number of carbonyl (C=O) groups is 1. The van der Waals surface area contributed by atoms with Crippen LogP contribution in [0.4, 0.5) is 5.69 Å². The van der Waals surface area contributed by atoms with Crippen molar-refractivity contribution in [2.24, 2.45) is 5.14 Å². The van der Waals surface area contributed by atoms with Crippen LogP contribution in [-0.2, 0) is 10.0 Å². The summed E-state index contributed by atoms with van der Waals surface area (Å²) in [5, 5.41) is 7.40. The number of rotatable bonds is 8. The number of hydrogen-bond donors (Lipinski definition) is 2. The van der Waals surface area contributed by atoms with Crippen LogP contribution in [0.15, 0.2) is 24.3 Å². The Bertz CT molecular complexity index is 555. The smallest absolute Gasteiger partial charge is 0.251 e. The molecular weight excluding hydrogens is 290 g/mol. The summed E-state index contributed by atoms with van der Waals surface area (Å²) in [6, 6.07) is 7.27. The minimum atomic E-state index is -3.55. The number of nitrogens with zero attached hydrogens (tertiary/aromatic N) is 1. The number of sulfonamides is 1. The normalized spacial score (nSPS) is 11.2. The highest BCUT2D eigenvalue weighted by atomic mass is 32.2. The summed E-state index contributed by atoms with van der Waals surface area (Å²) in [5.74, 6) is -0.569. The summed E-state index contributed by atoms with van der Waals surface area (Å²) in [6.45, 7) is 6.10. The first-order chi connectivity index (χ1) is 9.87. The molecule has 0 saturated heterocycles. The zero-order valence-corrected chi connectivity index (χ0v) is 13.3. The fourth-order valence-electron chi connectivity index (χ4n) is 1.97. The van der Waals surface area contributed by atoms with E-state index in [4.69, 9.17) is 5.14 Å². The molecule has 21 heavy (non-hydrogen) atoms. The lowest BCUT2D eigenvalue weighted by atomic mass is 10.1. The van der Waals surface area contributed by atoms with E-state index < -0.39 is 10.0 Å². The van der Waals surface area contributed by atoms with Crippen molar-refractivity contribution in [3.8, 4) is 0 Å². The van der Waals surface area contributed by atoms with E-state index in [0.717, 1.165) is 25.2 Å². The maximum absolute atomic E-state index is 11.8. The van der Waals surface area contributed by atoms with Crippen molar-refractivity contribution in [3.63, 3.8) is 0 Å². The molecule has 0 aromatic heterocycles. The quantitative estimate of drug-likeness (QED) is 0.747. The Labute approximate surface area is 126 Å². The summed E-state index contributed by atoms with van der Waals surface area (Å²) in [4.78, 5) is 14.1. The second-order valence-corrected chi connectivity index (χ2v) is 6.48. The van der Waals surface area contributed by atoms with Gasteiger partial charge in [0.2, 0.25) is 10.0 Å². The van der Waals surface area contributed by atoms with Crippen molar-refractivity contribution in [2.75, 3.05) is 30.3 Å². The standard InChI is InChI=1S/C14H23N3O3S/c1-3-10-17(4-2)13-7-5-12(6-8-13)14(18)16-9-11-21(15,19)20/h5-8H,3-4,9-11H2,1-2H3,(H,16,18)(H2,15,19,20). The number of amides is 1. The predicted molar refractivity (Wildman–Crippen MR) is 84.9 cm³/mol. The van der Waals surface area contributed by atoms with Gasteiger partial charge in [-0.1, -0.05) is 6.92 Å². The van der Waals surface area contributed by atoms with Crippen molar-refractivity contribution >= 4 is 21.6 Å². The van der Waals surface area contributed by atoms with Crippen LogP contribution < -0.4 is 15.4 Å². The van der Waals surface area contributed by atoms with Gasteiger partial charge in [0.05, 0.1) is 5.75 Å². The molecule has 0 fully saturated rings. The van der Waals surface area contributed by atoms with Gasteiger partial charge in [-0.05, 0) is 37.6 Å². The van der Waals surface area contributed by atoms with Gasteiger partial charge in [0.25, 0.3) is 5.91 Å². The molecule has 118 valence electrons. The molecule has 0 radical (unpaired) electrons. The first-order valence-electron chi connectivity index (χ1n) is 7.01. The Morgan fingerprint density at radius 1 is 1.24 bits per heavy atom. The summed E-state index contributed by atoms with van der Waals surface area (Å²) in [5.41, 5.74) is 1.57. The van der Waals surface area contributed by atoms with E-state index in [-0.39, 0.29) is 18.2 Å². The third-order valence-corrected chi connectivity index (χ3v) is 3.82. The predicted octanol–water partition coefficient (Wildman–Crippen LogP) is 0.941. The van der Waals surface area contributed by atoms with Gasteiger partial charge in [-0.2, -0.15) is 0 Å². The Kier molecular flexibility index (Phi) is 6.64. The Balaban J connectivity index is 2.62. The first-order valence-corrected chi connectivity index (χ1v) is 8.72. The number of carbonyl (C=O) groups excluding carboxylic acids is 1. The monoisotopic (exact) mass is 313 g/mol. The van der Waals surface area contributed by atoms with Crippen molar-refractivity contribution in [2.45, 2.75) is 20.3 Å². The van der Waals surface area contributed by atoms with Crippen LogP contribution >= 0.6 is 0 Å². The lowest BCUT2D eigenvalue weighted by Gasteiger charge is -2.22. The van der Waals surface area contributed by atoms with Gasteiger partial charge in [-0.25, -0.2) is 13.6 Å². The number of anilines is 1. The van der Waals surface area contributed by atoms with E-state index in [1.54, 1.807) is 12.1 Å². The second-order valence-electron chi connectivity index (χ2n) is 4.75. The SMILES string of the molecule is CCCN(CC)c1ccc(C(=O)NCCS(N)(=O)=O)cc1. The minimum Gasteiger partial charge on any atom is -0.372 e. The lowest BCUT2D eigenvalue weighted by Crippen LogP contribution is -2.31. The molecule has 0 saturated carbocycles. The van der Waals surface area contributed by atoms with Crippen LogP contribution in [0.5, 0.6) is 0 Å². The third-order valence-electron chi connectivity index (χ3n) is 3.04. The van der Waals surface area contributed by atoms with Crippen LogP contribution in [0, 0.1) is 0 Å². The van der Waals surface area contributed by atoms with Gasteiger partial charge in [-0.3, -0.25) is 4.79 Å². The molecule has 1 amide bonds. The van der Waals surface area contributed by atoms with Crippen molar-refractivity contribution < 1.29 is 13.2 Å². The Morgan fingerprint density at radius 3 is 2.33 bits per heavy atom. The molecule has 3 N–H and O–H groups in total.